The molecular weight excluding hydrogens is 384 g/mol. The highest BCUT2D eigenvalue weighted by Crippen LogP contribution is 2.70. The van der Waals surface area contributed by atoms with Gasteiger partial charge in [0.25, 0.3) is 0 Å². The van der Waals surface area contributed by atoms with Crippen molar-refractivity contribution < 1.29 is 15.0 Å². The van der Waals surface area contributed by atoms with E-state index in [9.17, 15) is 15.0 Å². The van der Waals surface area contributed by atoms with E-state index in [0.29, 0.717) is 40.9 Å². The second-order valence-corrected chi connectivity index (χ2v) is 13.7. The molecular formula is C28H48O3. The second kappa shape index (κ2) is 8.03. The first-order chi connectivity index (χ1) is 14.4. The van der Waals surface area contributed by atoms with E-state index in [1.165, 1.54) is 38.5 Å². The number of carboxylic acids is 1. The zero-order valence-electron chi connectivity index (χ0n) is 21.0. The van der Waals surface area contributed by atoms with Crippen LogP contribution in [0.5, 0.6) is 0 Å². The molecule has 178 valence electrons. The molecule has 3 heteroatoms. The van der Waals surface area contributed by atoms with Crippen LogP contribution in [0.3, 0.4) is 0 Å². The van der Waals surface area contributed by atoms with Crippen LogP contribution in [0, 0.1) is 57.7 Å². The predicted molar refractivity (Wildman–Crippen MR) is 126 cm³/mol. The lowest BCUT2D eigenvalue weighted by molar-refractivity contribution is -0.179. The lowest BCUT2D eigenvalue weighted by Crippen LogP contribution is -2.59. The van der Waals surface area contributed by atoms with Crippen molar-refractivity contribution in [2.45, 2.75) is 112 Å². The highest BCUT2D eigenvalue weighted by atomic mass is 16.4. The van der Waals surface area contributed by atoms with E-state index in [-0.39, 0.29) is 11.5 Å². The van der Waals surface area contributed by atoms with Crippen LogP contribution in [0.15, 0.2) is 0 Å². The van der Waals surface area contributed by atoms with Crippen LogP contribution in [0.2, 0.25) is 0 Å². The van der Waals surface area contributed by atoms with Gasteiger partial charge in [-0.15, -0.1) is 0 Å². The number of hydrogen-bond acceptors (Lipinski definition) is 2. The molecule has 3 nitrogen and oxygen atoms in total. The summed E-state index contributed by atoms with van der Waals surface area (Å²) in [5.74, 6) is 4.28. The lowest BCUT2D eigenvalue weighted by Gasteiger charge is -2.65. The number of carbonyl (C=O) groups is 1. The Labute approximate surface area is 190 Å². The highest BCUT2D eigenvalue weighted by molar-refractivity contribution is 5.66. The first-order valence-electron chi connectivity index (χ1n) is 13.3. The molecule has 0 heterocycles. The van der Waals surface area contributed by atoms with E-state index in [2.05, 4.69) is 41.5 Å². The molecule has 0 spiro atoms. The molecule has 0 saturated heterocycles. The van der Waals surface area contributed by atoms with Crippen LogP contribution in [0.4, 0.5) is 0 Å². The van der Waals surface area contributed by atoms with Gasteiger partial charge in [0.1, 0.15) is 0 Å². The fraction of sp³-hybridized carbons (Fsp3) is 0.964. The minimum atomic E-state index is -0.644. The predicted octanol–water partition coefficient (Wildman–Crippen LogP) is 6.78. The van der Waals surface area contributed by atoms with Crippen molar-refractivity contribution in [3.63, 3.8) is 0 Å². The molecule has 0 amide bonds. The summed E-state index contributed by atoms with van der Waals surface area (Å²) in [6, 6.07) is 0. The van der Waals surface area contributed by atoms with Crippen molar-refractivity contribution >= 4 is 5.97 Å². The smallest absolute Gasteiger partial charge is 0.303 e. The maximum absolute atomic E-state index is 11.2. The molecule has 0 aromatic carbocycles. The highest BCUT2D eigenvalue weighted by Gasteiger charge is 2.63. The number of carboxylic acid groups (broad SMARTS) is 1. The molecule has 0 aromatic rings. The largest absolute Gasteiger partial charge is 0.481 e. The zero-order valence-corrected chi connectivity index (χ0v) is 21.0. The van der Waals surface area contributed by atoms with Crippen molar-refractivity contribution in [3.05, 3.63) is 0 Å². The van der Waals surface area contributed by atoms with E-state index in [1.807, 2.05) is 0 Å². The molecule has 31 heavy (non-hydrogen) atoms. The number of fused-ring (bicyclic) bond motifs is 5. The first-order valence-corrected chi connectivity index (χ1v) is 13.3. The van der Waals surface area contributed by atoms with Crippen molar-refractivity contribution in [3.8, 4) is 0 Å². The monoisotopic (exact) mass is 432 g/mol. The summed E-state index contributed by atoms with van der Waals surface area (Å²) in [7, 11) is 0. The van der Waals surface area contributed by atoms with Crippen molar-refractivity contribution in [2.24, 2.45) is 57.7 Å². The van der Waals surface area contributed by atoms with Gasteiger partial charge in [0.05, 0.1) is 6.10 Å². The minimum Gasteiger partial charge on any atom is -0.481 e. The zero-order chi connectivity index (χ0) is 22.8. The Bertz CT molecular complexity index is 680. The van der Waals surface area contributed by atoms with Gasteiger partial charge in [-0.25, -0.2) is 0 Å². The summed E-state index contributed by atoms with van der Waals surface area (Å²) >= 11 is 0. The summed E-state index contributed by atoms with van der Waals surface area (Å²) < 4.78 is 0. The third kappa shape index (κ3) is 3.79. The van der Waals surface area contributed by atoms with Crippen LogP contribution < -0.4 is 0 Å². The molecule has 10 atom stereocenters. The van der Waals surface area contributed by atoms with Gasteiger partial charge in [-0.2, -0.15) is 0 Å². The van der Waals surface area contributed by atoms with Crippen LogP contribution in [-0.4, -0.2) is 22.3 Å². The van der Waals surface area contributed by atoms with Crippen LogP contribution in [0.25, 0.3) is 0 Å². The SMILES string of the molecule is C[C@H](CCC(=O)O)[C@H]1CC[C@H]2[C@@H]3CCC4C[C@H](O)CC(C(C)(C)C)[C@]4(C)[C@H]3CC[C@]12C. The van der Waals surface area contributed by atoms with Gasteiger partial charge in [-0.3, -0.25) is 4.79 Å². The number of aliphatic hydroxyl groups is 1. The molecule has 4 rings (SSSR count). The molecule has 4 fully saturated rings. The maximum atomic E-state index is 11.2. The number of aliphatic carboxylic acids is 1. The Morgan fingerprint density at radius 3 is 2.39 bits per heavy atom. The van der Waals surface area contributed by atoms with Gasteiger partial charge in [0, 0.05) is 6.42 Å². The fourth-order valence-corrected chi connectivity index (χ4v) is 10.1. The Hall–Kier alpha value is -0.570. The standard InChI is InChI=1S/C28H48O3/c1-17(7-12-25(30)31)21-10-11-22-20-9-8-18-15-19(29)16-24(26(2,3)4)28(18,6)23(20)13-14-27(21,22)5/h17-24,29H,7-16H2,1-6H3,(H,30,31)/t17-,18?,19+,20+,21-,22+,23+,24?,27-,28+/m1/s1. The van der Waals surface area contributed by atoms with Crippen LogP contribution in [0.1, 0.15) is 106 Å². The summed E-state index contributed by atoms with van der Waals surface area (Å²) in [5, 5.41) is 19.9. The summed E-state index contributed by atoms with van der Waals surface area (Å²) in [6.07, 6.45) is 11.0. The second-order valence-electron chi connectivity index (χ2n) is 13.7. The first kappa shape index (κ1) is 23.6. The van der Waals surface area contributed by atoms with Gasteiger partial charge in [0.2, 0.25) is 0 Å². The Balaban J connectivity index is 1.59. The van der Waals surface area contributed by atoms with Crippen molar-refractivity contribution in [1.82, 2.24) is 0 Å². The Kier molecular flexibility index (Phi) is 6.11. The van der Waals surface area contributed by atoms with E-state index >= 15 is 0 Å². The molecule has 4 aliphatic carbocycles. The number of hydrogen-bond donors (Lipinski definition) is 2. The molecule has 4 saturated carbocycles. The van der Waals surface area contributed by atoms with Crippen molar-refractivity contribution in [2.75, 3.05) is 0 Å². The Morgan fingerprint density at radius 2 is 1.74 bits per heavy atom. The van der Waals surface area contributed by atoms with E-state index in [4.69, 9.17) is 0 Å². The quantitative estimate of drug-likeness (QED) is 0.515. The van der Waals surface area contributed by atoms with Gasteiger partial charge in [0.15, 0.2) is 0 Å². The van der Waals surface area contributed by atoms with Gasteiger partial charge in [-0.1, -0.05) is 41.5 Å². The fourth-order valence-electron chi connectivity index (χ4n) is 10.1. The van der Waals surface area contributed by atoms with E-state index in [0.717, 1.165) is 37.0 Å². The third-order valence-electron chi connectivity index (χ3n) is 11.4. The summed E-state index contributed by atoms with van der Waals surface area (Å²) in [5.41, 5.74) is 0.989. The lowest BCUT2D eigenvalue weighted by atomic mass is 9.40. The molecule has 0 aliphatic heterocycles. The van der Waals surface area contributed by atoms with Crippen LogP contribution in [-0.2, 0) is 4.79 Å². The minimum absolute atomic E-state index is 0.112. The van der Waals surface area contributed by atoms with Crippen molar-refractivity contribution in [1.29, 1.82) is 0 Å². The summed E-state index contributed by atoms with van der Waals surface area (Å²) in [4.78, 5) is 11.2. The molecule has 2 N–H and O–H groups in total. The van der Waals surface area contributed by atoms with E-state index < -0.39 is 5.97 Å². The molecule has 0 aromatic heterocycles. The van der Waals surface area contributed by atoms with Gasteiger partial charge >= 0.3 is 5.97 Å². The van der Waals surface area contributed by atoms with Crippen LogP contribution >= 0.6 is 0 Å². The van der Waals surface area contributed by atoms with E-state index in [1.54, 1.807) is 0 Å². The van der Waals surface area contributed by atoms with Gasteiger partial charge < -0.3 is 10.2 Å². The summed E-state index contributed by atoms with van der Waals surface area (Å²) in [6.45, 7) is 14.7. The molecule has 0 bridgehead atoms. The number of aliphatic hydroxyl groups excluding tert-OH is 1. The molecule has 0 radical (unpaired) electrons. The normalized spacial score (nSPS) is 48.4. The average molecular weight is 433 g/mol. The maximum Gasteiger partial charge on any atom is 0.303 e. The average Bonchev–Trinajstić information content (AvgIpc) is 3.02. The Morgan fingerprint density at radius 1 is 1.03 bits per heavy atom. The number of rotatable bonds is 4. The topological polar surface area (TPSA) is 57.5 Å². The molecule has 4 aliphatic rings. The molecule has 2 unspecified atom stereocenters. The third-order valence-corrected chi connectivity index (χ3v) is 11.4. The van der Waals surface area contributed by atoms with Gasteiger partial charge in [-0.05, 0) is 115 Å².